The second-order valence-electron chi connectivity index (χ2n) is 9.16. The van der Waals surface area contributed by atoms with Crippen molar-refractivity contribution in [2.45, 2.75) is 51.9 Å². The third-order valence-corrected chi connectivity index (χ3v) is 8.32. The number of amides is 1. The number of halogens is 1. The minimum absolute atomic E-state index is 0.106. The lowest BCUT2D eigenvalue weighted by atomic mass is 10.1. The maximum absolute atomic E-state index is 13.1. The van der Waals surface area contributed by atoms with Crippen molar-refractivity contribution < 1.29 is 9.72 Å². The molecular weight excluding hydrogens is 486 g/mol. The molecule has 0 N–H and O–H groups in total. The Morgan fingerprint density at radius 3 is 2.63 bits per heavy atom. The SMILES string of the molecule is CCCc1nc(N2CCN(C(=O)c3ccc([N+](=O)[O-])cc3Cl)CC2)c2c3c(sc2n1)CCCCC3. The molecule has 0 saturated carbocycles. The third-order valence-electron chi connectivity index (χ3n) is 6.83. The van der Waals surface area contributed by atoms with Crippen LogP contribution in [0.3, 0.4) is 0 Å². The second kappa shape index (κ2) is 10.1. The van der Waals surface area contributed by atoms with Crippen molar-refractivity contribution in [3.63, 3.8) is 0 Å². The van der Waals surface area contributed by atoms with E-state index in [0.717, 1.165) is 42.2 Å². The summed E-state index contributed by atoms with van der Waals surface area (Å²) >= 11 is 8.05. The van der Waals surface area contributed by atoms with Crippen molar-refractivity contribution in [3.8, 4) is 0 Å². The standard InChI is InChI=1S/C25H28ClN5O3S/c1-2-6-21-27-23(22-18-7-4-3-5-8-20(18)35-24(22)28-21)29-11-13-30(14-12-29)25(32)17-10-9-16(31(33)34)15-19(17)26/h9-10,15H,2-8,11-14H2,1H3. The fraction of sp³-hybridized carbons (Fsp3) is 0.480. The Kier molecular flexibility index (Phi) is 6.88. The van der Waals surface area contributed by atoms with Crippen LogP contribution >= 0.6 is 22.9 Å². The number of hydrogen-bond donors (Lipinski definition) is 0. The summed E-state index contributed by atoms with van der Waals surface area (Å²) in [5, 5.41) is 12.3. The molecule has 1 aliphatic carbocycles. The lowest BCUT2D eigenvalue weighted by Gasteiger charge is -2.36. The van der Waals surface area contributed by atoms with E-state index < -0.39 is 4.92 Å². The summed E-state index contributed by atoms with van der Waals surface area (Å²) < 4.78 is 0. The molecule has 5 rings (SSSR count). The fourth-order valence-electron chi connectivity index (χ4n) is 5.00. The van der Waals surface area contributed by atoms with E-state index in [1.807, 2.05) is 11.3 Å². The predicted octanol–water partition coefficient (Wildman–Crippen LogP) is 5.44. The average Bonchev–Trinajstić information content (AvgIpc) is 3.04. The molecule has 2 aromatic heterocycles. The number of fused-ring (bicyclic) bond motifs is 3. The number of carbonyl (C=O) groups excluding carboxylic acids is 1. The van der Waals surface area contributed by atoms with Crippen LogP contribution in [0.25, 0.3) is 10.2 Å². The van der Waals surface area contributed by atoms with E-state index in [0.29, 0.717) is 31.7 Å². The van der Waals surface area contributed by atoms with Crippen LogP contribution in [0.15, 0.2) is 18.2 Å². The zero-order valence-corrected chi connectivity index (χ0v) is 21.3. The molecule has 1 amide bonds. The number of nitrogens with zero attached hydrogens (tertiary/aromatic N) is 5. The van der Waals surface area contributed by atoms with Crippen LogP contribution in [0, 0.1) is 10.1 Å². The summed E-state index contributed by atoms with van der Waals surface area (Å²) in [6.07, 6.45) is 7.74. The topological polar surface area (TPSA) is 92.5 Å². The van der Waals surface area contributed by atoms with Crippen LogP contribution in [-0.4, -0.2) is 51.9 Å². The Labute approximate surface area is 213 Å². The maximum atomic E-state index is 13.1. The molecule has 2 aliphatic rings. The summed E-state index contributed by atoms with van der Waals surface area (Å²) in [6, 6.07) is 4.01. The third kappa shape index (κ3) is 4.71. The van der Waals surface area contributed by atoms with Gasteiger partial charge in [-0.1, -0.05) is 24.9 Å². The van der Waals surface area contributed by atoms with Crippen LogP contribution in [-0.2, 0) is 19.3 Å². The maximum Gasteiger partial charge on any atom is 0.270 e. The lowest BCUT2D eigenvalue weighted by molar-refractivity contribution is -0.384. The van der Waals surface area contributed by atoms with E-state index in [9.17, 15) is 14.9 Å². The van der Waals surface area contributed by atoms with Gasteiger partial charge in [-0.3, -0.25) is 14.9 Å². The smallest absolute Gasteiger partial charge is 0.270 e. The first kappa shape index (κ1) is 23.9. The fourth-order valence-corrected chi connectivity index (χ4v) is 6.54. The van der Waals surface area contributed by atoms with E-state index in [1.165, 1.54) is 53.3 Å². The quantitative estimate of drug-likeness (QED) is 0.256. The second-order valence-corrected chi connectivity index (χ2v) is 10.6. The number of nitro groups is 1. The number of aryl methyl sites for hydroxylation is 3. The van der Waals surface area contributed by atoms with Crippen molar-refractivity contribution in [1.82, 2.24) is 14.9 Å². The number of benzene rings is 1. The van der Waals surface area contributed by atoms with Crippen LogP contribution in [0.5, 0.6) is 0 Å². The Balaban J connectivity index is 1.40. The van der Waals surface area contributed by atoms with Gasteiger partial charge in [-0.05, 0) is 43.7 Å². The molecule has 0 radical (unpaired) electrons. The van der Waals surface area contributed by atoms with Crippen molar-refractivity contribution in [1.29, 1.82) is 0 Å². The van der Waals surface area contributed by atoms with E-state index in [2.05, 4.69) is 11.8 Å². The number of aromatic nitrogens is 2. The largest absolute Gasteiger partial charge is 0.352 e. The molecule has 1 aliphatic heterocycles. The van der Waals surface area contributed by atoms with E-state index in [4.69, 9.17) is 21.6 Å². The molecule has 8 nitrogen and oxygen atoms in total. The van der Waals surface area contributed by atoms with Crippen LogP contribution < -0.4 is 4.90 Å². The number of non-ortho nitro benzene ring substituents is 1. The van der Waals surface area contributed by atoms with Gasteiger partial charge in [0.2, 0.25) is 0 Å². The molecule has 184 valence electrons. The van der Waals surface area contributed by atoms with Gasteiger partial charge in [-0.25, -0.2) is 9.97 Å². The molecule has 0 spiro atoms. The number of rotatable bonds is 5. The van der Waals surface area contributed by atoms with Gasteiger partial charge in [0.05, 0.1) is 20.9 Å². The molecule has 0 unspecified atom stereocenters. The minimum atomic E-state index is -0.515. The first-order valence-electron chi connectivity index (χ1n) is 12.3. The van der Waals surface area contributed by atoms with Crippen molar-refractivity contribution in [2.75, 3.05) is 31.1 Å². The Hall–Kier alpha value is -2.78. The molecule has 1 aromatic carbocycles. The molecule has 3 heterocycles. The zero-order valence-electron chi connectivity index (χ0n) is 19.8. The van der Waals surface area contributed by atoms with Gasteiger partial charge >= 0.3 is 0 Å². The molecule has 35 heavy (non-hydrogen) atoms. The Morgan fingerprint density at radius 1 is 1.14 bits per heavy atom. The summed E-state index contributed by atoms with van der Waals surface area (Å²) in [6.45, 7) is 4.54. The highest BCUT2D eigenvalue weighted by Gasteiger charge is 2.28. The van der Waals surface area contributed by atoms with Gasteiger partial charge in [0.25, 0.3) is 11.6 Å². The minimum Gasteiger partial charge on any atom is -0.352 e. The monoisotopic (exact) mass is 513 g/mol. The Morgan fingerprint density at radius 2 is 1.91 bits per heavy atom. The molecular formula is C25H28ClN5O3S. The first-order chi connectivity index (χ1) is 17.0. The first-order valence-corrected chi connectivity index (χ1v) is 13.4. The van der Waals surface area contributed by atoms with Crippen LogP contribution in [0.2, 0.25) is 5.02 Å². The number of piperazine rings is 1. The highest BCUT2D eigenvalue weighted by molar-refractivity contribution is 7.19. The molecule has 3 aromatic rings. The van der Waals surface area contributed by atoms with Crippen molar-refractivity contribution in [3.05, 3.63) is 55.2 Å². The highest BCUT2D eigenvalue weighted by Crippen LogP contribution is 2.39. The van der Waals surface area contributed by atoms with Gasteiger partial charge in [-0.2, -0.15) is 0 Å². The summed E-state index contributed by atoms with van der Waals surface area (Å²) in [4.78, 5) is 40.2. The van der Waals surface area contributed by atoms with Crippen molar-refractivity contribution >= 4 is 50.6 Å². The summed E-state index contributed by atoms with van der Waals surface area (Å²) in [7, 11) is 0. The number of carbonyl (C=O) groups is 1. The number of anilines is 1. The number of nitro benzene ring substituents is 1. The number of thiophene rings is 1. The van der Waals surface area contributed by atoms with Gasteiger partial charge in [0, 0.05) is 49.6 Å². The van der Waals surface area contributed by atoms with Gasteiger partial charge in [-0.15, -0.1) is 11.3 Å². The van der Waals surface area contributed by atoms with Crippen LogP contribution in [0.1, 0.15) is 59.2 Å². The number of hydrogen-bond acceptors (Lipinski definition) is 7. The van der Waals surface area contributed by atoms with Gasteiger partial charge in [0.1, 0.15) is 16.5 Å². The molecule has 1 saturated heterocycles. The molecule has 0 atom stereocenters. The van der Waals surface area contributed by atoms with Gasteiger partial charge < -0.3 is 9.80 Å². The molecule has 1 fully saturated rings. The predicted molar refractivity (Wildman–Crippen MR) is 139 cm³/mol. The van der Waals surface area contributed by atoms with E-state index >= 15 is 0 Å². The zero-order chi connectivity index (χ0) is 24.5. The normalized spacial score (nSPS) is 16.3. The summed E-state index contributed by atoms with van der Waals surface area (Å²) in [5.41, 5.74) is 1.60. The lowest BCUT2D eigenvalue weighted by Crippen LogP contribution is -2.49. The van der Waals surface area contributed by atoms with E-state index in [-0.39, 0.29) is 16.6 Å². The van der Waals surface area contributed by atoms with Crippen LogP contribution in [0.4, 0.5) is 11.5 Å². The van der Waals surface area contributed by atoms with Crippen molar-refractivity contribution in [2.24, 2.45) is 0 Å². The molecule has 10 heteroatoms. The Bertz CT molecular complexity index is 1290. The van der Waals surface area contributed by atoms with E-state index in [1.54, 1.807) is 4.90 Å². The average molecular weight is 514 g/mol. The molecule has 0 bridgehead atoms. The van der Waals surface area contributed by atoms with Gasteiger partial charge in [0.15, 0.2) is 0 Å². The highest BCUT2D eigenvalue weighted by atomic mass is 35.5. The summed E-state index contributed by atoms with van der Waals surface area (Å²) in [5.74, 6) is 1.70.